The van der Waals surface area contributed by atoms with E-state index in [2.05, 4.69) is 4.72 Å². The van der Waals surface area contributed by atoms with E-state index in [4.69, 9.17) is 4.74 Å². The summed E-state index contributed by atoms with van der Waals surface area (Å²) in [5.74, 6) is 0.533. The quantitative estimate of drug-likeness (QED) is 0.893. The summed E-state index contributed by atoms with van der Waals surface area (Å²) in [5, 5.41) is 0. The second kappa shape index (κ2) is 6.35. The second-order valence-electron chi connectivity index (χ2n) is 5.20. The molecule has 0 spiro atoms. The zero-order chi connectivity index (χ0) is 18.1. The van der Waals surface area contributed by atoms with Crippen molar-refractivity contribution in [2.75, 3.05) is 11.8 Å². The molecule has 0 bridgehead atoms. The zero-order valence-corrected chi connectivity index (χ0v) is 14.0. The van der Waals surface area contributed by atoms with Crippen molar-refractivity contribution >= 4 is 15.7 Å². The van der Waals surface area contributed by atoms with Gasteiger partial charge >= 0.3 is 6.18 Å². The van der Waals surface area contributed by atoms with E-state index in [0.29, 0.717) is 16.9 Å². The SMILES string of the molecule is COc1ccc(S(=O)(=O)Nc2cccc(C(F)(F)F)c2)c(C)c1C. The van der Waals surface area contributed by atoms with Crippen molar-refractivity contribution in [1.82, 2.24) is 0 Å². The van der Waals surface area contributed by atoms with Gasteiger partial charge in [-0.3, -0.25) is 4.72 Å². The minimum atomic E-state index is -4.55. The number of halogens is 3. The van der Waals surface area contributed by atoms with Crippen LogP contribution in [0.1, 0.15) is 16.7 Å². The monoisotopic (exact) mass is 359 g/mol. The summed E-state index contributed by atoms with van der Waals surface area (Å²) >= 11 is 0. The summed E-state index contributed by atoms with van der Waals surface area (Å²) in [5.41, 5.74) is 0.0290. The van der Waals surface area contributed by atoms with Crippen LogP contribution in [0, 0.1) is 13.8 Å². The lowest BCUT2D eigenvalue weighted by Gasteiger charge is -2.15. The third kappa shape index (κ3) is 3.64. The van der Waals surface area contributed by atoms with Gasteiger partial charge in [-0.15, -0.1) is 0 Å². The highest BCUT2D eigenvalue weighted by molar-refractivity contribution is 7.92. The Labute approximate surface area is 138 Å². The van der Waals surface area contributed by atoms with Gasteiger partial charge in [0.2, 0.25) is 0 Å². The number of rotatable bonds is 4. The third-order valence-corrected chi connectivity index (χ3v) is 5.17. The predicted octanol–water partition coefficient (Wildman–Crippen LogP) is 4.13. The first-order valence-electron chi connectivity index (χ1n) is 6.90. The molecule has 2 rings (SSSR count). The minimum absolute atomic E-state index is 0.0155. The Balaban J connectivity index is 2.41. The molecule has 0 radical (unpaired) electrons. The lowest BCUT2D eigenvalue weighted by atomic mass is 10.1. The molecule has 24 heavy (non-hydrogen) atoms. The van der Waals surface area contributed by atoms with Crippen LogP contribution in [-0.4, -0.2) is 15.5 Å². The molecule has 0 saturated carbocycles. The fraction of sp³-hybridized carbons (Fsp3) is 0.250. The normalized spacial score (nSPS) is 12.1. The maximum absolute atomic E-state index is 12.7. The van der Waals surface area contributed by atoms with Crippen molar-refractivity contribution in [1.29, 1.82) is 0 Å². The Morgan fingerprint density at radius 3 is 2.29 bits per heavy atom. The van der Waals surface area contributed by atoms with Crippen molar-refractivity contribution < 1.29 is 26.3 Å². The molecule has 2 aromatic rings. The van der Waals surface area contributed by atoms with Crippen molar-refractivity contribution in [3.63, 3.8) is 0 Å². The molecule has 0 atom stereocenters. The molecule has 130 valence electrons. The standard InChI is InChI=1S/C16H16F3NO3S/c1-10-11(2)15(8-7-14(10)23-3)24(21,22)20-13-6-4-5-12(9-13)16(17,18)19/h4-9,20H,1-3H3. The lowest BCUT2D eigenvalue weighted by molar-refractivity contribution is -0.137. The fourth-order valence-corrected chi connectivity index (χ4v) is 3.60. The van der Waals surface area contributed by atoms with E-state index in [1.54, 1.807) is 13.8 Å². The smallest absolute Gasteiger partial charge is 0.416 e. The number of alkyl halides is 3. The Morgan fingerprint density at radius 1 is 1.04 bits per heavy atom. The number of hydrogen-bond donors (Lipinski definition) is 1. The Kier molecular flexibility index (Phi) is 4.80. The molecule has 8 heteroatoms. The van der Waals surface area contributed by atoms with E-state index in [9.17, 15) is 21.6 Å². The van der Waals surface area contributed by atoms with E-state index in [0.717, 1.165) is 18.2 Å². The average Bonchev–Trinajstić information content (AvgIpc) is 2.48. The van der Waals surface area contributed by atoms with Crippen LogP contribution in [0.3, 0.4) is 0 Å². The summed E-state index contributed by atoms with van der Waals surface area (Å²) in [6, 6.07) is 6.90. The van der Waals surface area contributed by atoms with Crippen molar-refractivity contribution in [2.24, 2.45) is 0 Å². The average molecular weight is 359 g/mol. The molecule has 0 aliphatic carbocycles. The largest absolute Gasteiger partial charge is 0.496 e. The second-order valence-corrected chi connectivity index (χ2v) is 6.85. The van der Waals surface area contributed by atoms with Gasteiger partial charge in [0, 0.05) is 5.69 Å². The summed E-state index contributed by atoms with van der Waals surface area (Å²) in [7, 11) is -2.56. The lowest BCUT2D eigenvalue weighted by Crippen LogP contribution is -2.15. The number of methoxy groups -OCH3 is 1. The first kappa shape index (κ1) is 18.1. The number of ether oxygens (including phenoxy) is 1. The molecule has 0 fully saturated rings. The number of hydrogen-bond acceptors (Lipinski definition) is 3. The first-order chi connectivity index (χ1) is 11.1. The van der Waals surface area contributed by atoms with Gasteiger partial charge in [-0.25, -0.2) is 8.42 Å². The summed E-state index contributed by atoms with van der Waals surface area (Å²) in [6.07, 6.45) is -4.55. The highest BCUT2D eigenvalue weighted by Crippen LogP contribution is 2.32. The van der Waals surface area contributed by atoms with Crippen LogP contribution in [0.4, 0.5) is 18.9 Å². The van der Waals surface area contributed by atoms with Crippen molar-refractivity contribution in [3.05, 3.63) is 53.1 Å². The third-order valence-electron chi connectivity index (χ3n) is 3.64. The highest BCUT2D eigenvalue weighted by Gasteiger charge is 2.31. The first-order valence-corrected chi connectivity index (χ1v) is 8.39. The van der Waals surface area contributed by atoms with Crippen molar-refractivity contribution in [3.8, 4) is 5.75 Å². The molecule has 4 nitrogen and oxygen atoms in total. The van der Waals surface area contributed by atoms with Gasteiger partial charge in [-0.1, -0.05) is 6.07 Å². The van der Waals surface area contributed by atoms with Gasteiger partial charge < -0.3 is 4.74 Å². The van der Waals surface area contributed by atoms with Crippen LogP contribution < -0.4 is 9.46 Å². The number of benzene rings is 2. The van der Waals surface area contributed by atoms with Crippen LogP contribution in [0.25, 0.3) is 0 Å². The molecule has 0 unspecified atom stereocenters. The maximum atomic E-state index is 12.7. The predicted molar refractivity (Wildman–Crippen MR) is 84.7 cm³/mol. The molecule has 2 aromatic carbocycles. The Bertz CT molecular complexity index is 861. The van der Waals surface area contributed by atoms with Crippen LogP contribution in [0.5, 0.6) is 5.75 Å². The van der Waals surface area contributed by atoms with Gasteiger partial charge in [0.15, 0.2) is 0 Å². The summed E-state index contributed by atoms with van der Waals surface area (Å²) in [4.78, 5) is -0.0155. The Morgan fingerprint density at radius 2 is 1.71 bits per heavy atom. The molecular weight excluding hydrogens is 343 g/mol. The zero-order valence-electron chi connectivity index (χ0n) is 13.2. The van der Waals surface area contributed by atoms with E-state index >= 15 is 0 Å². The van der Waals surface area contributed by atoms with E-state index in [-0.39, 0.29) is 10.6 Å². The van der Waals surface area contributed by atoms with Gasteiger partial charge in [0.05, 0.1) is 17.6 Å². The molecule has 0 heterocycles. The molecule has 0 aliphatic heterocycles. The fourth-order valence-electron chi connectivity index (χ4n) is 2.25. The van der Waals surface area contributed by atoms with Crippen LogP contribution >= 0.6 is 0 Å². The van der Waals surface area contributed by atoms with Crippen LogP contribution in [0.2, 0.25) is 0 Å². The molecular formula is C16H16F3NO3S. The summed E-state index contributed by atoms with van der Waals surface area (Å²) < 4.78 is 70.5. The minimum Gasteiger partial charge on any atom is -0.496 e. The number of sulfonamides is 1. The van der Waals surface area contributed by atoms with E-state index in [1.165, 1.54) is 25.3 Å². The molecule has 1 N–H and O–H groups in total. The highest BCUT2D eigenvalue weighted by atomic mass is 32.2. The molecule has 0 amide bonds. The van der Waals surface area contributed by atoms with Gasteiger partial charge in [0.1, 0.15) is 5.75 Å². The molecule has 0 aromatic heterocycles. The molecule has 0 aliphatic rings. The van der Waals surface area contributed by atoms with Crippen LogP contribution in [-0.2, 0) is 16.2 Å². The molecule has 0 saturated heterocycles. The van der Waals surface area contributed by atoms with Crippen LogP contribution in [0.15, 0.2) is 41.3 Å². The number of nitrogens with one attached hydrogen (secondary N) is 1. The van der Waals surface area contributed by atoms with E-state index < -0.39 is 21.8 Å². The van der Waals surface area contributed by atoms with Crippen molar-refractivity contribution in [2.45, 2.75) is 24.9 Å². The number of anilines is 1. The van der Waals surface area contributed by atoms with Gasteiger partial charge in [0.25, 0.3) is 10.0 Å². The Hall–Kier alpha value is -2.22. The summed E-state index contributed by atoms with van der Waals surface area (Å²) in [6.45, 7) is 3.32. The van der Waals surface area contributed by atoms with Gasteiger partial charge in [-0.2, -0.15) is 13.2 Å². The topological polar surface area (TPSA) is 55.4 Å². The van der Waals surface area contributed by atoms with E-state index in [1.807, 2.05) is 0 Å². The van der Waals surface area contributed by atoms with Gasteiger partial charge in [-0.05, 0) is 55.3 Å². The maximum Gasteiger partial charge on any atom is 0.416 e.